The lowest BCUT2D eigenvalue weighted by molar-refractivity contribution is -0.201. The zero-order valence-electron chi connectivity index (χ0n) is 10.5. The Morgan fingerprint density at radius 1 is 1.37 bits per heavy atom. The number of rotatable bonds is 7. The van der Waals surface area contributed by atoms with Gasteiger partial charge in [-0.1, -0.05) is 6.92 Å². The van der Waals surface area contributed by atoms with E-state index in [4.69, 9.17) is 5.11 Å². The number of aliphatic hydroxyl groups is 1. The fourth-order valence-corrected chi connectivity index (χ4v) is 2.42. The zero-order chi connectivity index (χ0) is 15.3. The second kappa shape index (κ2) is 7.06. The second-order valence-electron chi connectivity index (χ2n) is 3.96. The van der Waals surface area contributed by atoms with E-state index >= 15 is 0 Å². The van der Waals surface area contributed by atoms with Crippen LogP contribution in [0.3, 0.4) is 0 Å². The number of hydrogen-bond donors (Lipinski definition) is 3. The molecule has 0 rings (SSSR count). The minimum Gasteiger partial charge on any atom is -0.382 e. The minimum absolute atomic E-state index is 0.185. The van der Waals surface area contributed by atoms with Gasteiger partial charge >= 0.3 is 6.18 Å². The number of hydrogen-bond acceptors (Lipinski definition) is 4. The lowest BCUT2D eigenvalue weighted by Gasteiger charge is -2.17. The van der Waals surface area contributed by atoms with Gasteiger partial charge in [-0.15, -0.1) is 0 Å². The van der Waals surface area contributed by atoms with Crippen LogP contribution in [0, 0.1) is 0 Å². The molecular weight excluding hydrogens is 289 g/mol. The molecule has 0 aliphatic heterocycles. The van der Waals surface area contributed by atoms with Crippen molar-refractivity contribution in [2.75, 3.05) is 12.3 Å². The van der Waals surface area contributed by atoms with Crippen LogP contribution in [0.4, 0.5) is 13.2 Å². The summed E-state index contributed by atoms with van der Waals surface area (Å²) in [5.74, 6) is -1.13. The number of nitrogens with one attached hydrogen (secondary N) is 2. The Kier molecular flexibility index (Phi) is 6.73. The molecule has 2 atom stereocenters. The molecule has 0 fully saturated rings. The van der Waals surface area contributed by atoms with Gasteiger partial charge in [-0.05, 0) is 13.3 Å². The molecule has 114 valence electrons. The fraction of sp³-hybridized carbons (Fsp3) is 0.889. The van der Waals surface area contributed by atoms with Crippen molar-refractivity contribution in [3.05, 3.63) is 0 Å². The third kappa shape index (κ3) is 7.33. The molecule has 0 aliphatic rings. The summed E-state index contributed by atoms with van der Waals surface area (Å²) in [6.45, 7) is 1.80. The van der Waals surface area contributed by atoms with Crippen LogP contribution in [-0.2, 0) is 14.8 Å². The van der Waals surface area contributed by atoms with E-state index in [1.807, 2.05) is 10.0 Å². The molecular formula is C9H17F3N2O4S. The summed E-state index contributed by atoms with van der Waals surface area (Å²) in [7, 11) is -3.64. The van der Waals surface area contributed by atoms with Crippen LogP contribution >= 0.6 is 0 Å². The largest absolute Gasteiger partial charge is 0.416 e. The van der Waals surface area contributed by atoms with Crippen molar-refractivity contribution in [3.63, 3.8) is 0 Å². The Morgan fingerprint density at radius 2 is 1.89 bits per heavy atom. The van der Waals surface area contributed by atoms with E-state index in [0.29, 0.717) is 6.42 Å². The highest BCUT2D eigenvalue weighted by atomic mass is 32.2. The normalized spacial score (nSPS) is 15.9. The van der Waals surface area contributed by atoms with Crippen LogP contribution in [0.2, 0.25) is 0 Å². The molecule has 0 aromatic carbocycles. The number of alkyl halides is 3. The first-order chi connectivity index (χ1) is 8.49. The number of carbonyl (C=O) groups excluding carboxylic acids is 1. The molecule has 0 saturated carbocycles. The van der Waals surface area contributed by atoms with E-state index in [1.165, 1.54) is 6.92 Å². The van der Waals surface area contributed by atoms with E-state index < -0.39 is 40.8 Å². The van der Waals surface area contributed by atoms with Gasteiger partial charge in [0.05, 0.1) is 18.3 Å². The van der Waals surface area contributed by atoms with Gasteiger partial charge in [-0.25, -0.2) is 13.1 Å². The SMILES string of the molecule is CCCS(=O)(=O)NC(C)C(=O)NCC(O)C(F)(F)F. The number of carbonyl (C=O) groups is 1. The van der Waals surface area contributed by atoms with E-state index in [9.17, 15) is 26.4 Å². The average molecular weight is 306 g/mol. The quantitative estimate of drug-likeness (QED) is 0.604. The number of aliphatic hydroxyl groups excluding tert-OH is 1. The zero-order valence-corrected chi connectivity index (χ0v) is 11.3. The third-order valence-electron chi connectivity index (χ3n) is 2.07. The van der Waals surface area contributed by atoms with Gasteiger partial charge in [-0.2, -0.15) is 13.2 Å². The maximum atomic E-state index is 12.0. The number of halogens is 3. The third-order valence-corrected chi connectivity index (χ3v) is 3.73. The first kappa shape index (κ1) is 18.1. The first-order valence-corrected chi connectivity index (χ1v) is 7.17. The van der Waals surface area contributed by atoms with Crippen LogP contribution in [0.1, 0.15) is 20.3 Å². The molecule has 3 N–H and O–H groups in total. The molecule has 0 spiro atoms. The van der Waals surface area contributed by atoms with Crippen molar-refractivity contribution in [2.45, 2.75) is 38.6 Å². The molecule has 0 bridgehead atoms. The van der Waals surface area contributed by atoms with Gasteiger partial charge in [0.1, 0.15) is 0 Å². The van der Waals surface area contributed by atoms with Crippen molar-refractivity contribution in [1.82, 2.24) is 10.0 Å². The Bertz CT molecular complexity index is 397. The lowest BCUT2D eigenvalue weighted by Crippen LogP contribution is -2.49. The highest BCUT2D eigenvalue weighted by Crippen LogP contribution is 2.19. The fourth-order valence-electron chi connectivity index (χ4n) is 1.12. The van der Waals surface area contributed by atoms with Gasteiger partial charge in [0.2, 0.25) is 15.9 Å². The molecule has 0 heterocycles. The van der Waals surface area contributed by atoms with Crippen molar-refractivity contribution in [1.29, 1.82) is 0 Å². The summed E-state index contributed by atoms with van der Waals surface area (Å²) in [5, 5.41) is 10.5. The number of sulfonamides is 1. The van der Waals surface area contributed by atoms with Crippen LogP contribution in [0.15, 0.2) is 0 Å². The summed E-state index contributed by atoms with van der Waals surface area (Å²) >= 11 is 0. The van der Waals surface area contributed by atoms with Crippen molar-refractivity contribution < 1.29 is 31.5 Å². The molecule has 2 unspecified atom stereocenters. The summed E-state index contributed by atoms with van der Waals surface area (Å²) in [6.07, 6.45) is -7.18. The van der Waals surface area contributed by atoms with Crippen molar-refractivity contribution in [3.8, 4) is 0 Å². The van der Waals surface area contributed by atoms with E-state index in [2.05, 4.69) is 0 Å². The smallest absolute Gasteiger partial charge is 0.382 e. The standard InChI is InChI=1S/C9H17F3N2O4S/c1-3-4-19(17,18)14-6(2)8(16)13-5-7(15)9(10,11)12/h6-7,14-15H,3-5H2,1-2H3,(H,13,16). The minimum atomic E-state index is -4.84. The molecule has 0 aliphatic carbocycles. The first-order valence-electron chi connectivity index (χ1n) is 5.52. The summed E-state index contributed by atoms with van der Waals surface area (Å²) < 4.78 is 60.5. The molecule has 0 aromatic rings. The summed E-state index contributed by atoms with van der Waals surface area (Å²) in [4.78, 5) is 11.3. The van der Waals surface area contributed by atoms with Crippen molar-refractivity contribution >= 4 is 15.9 Å². The Morgan fingerprint density at radius 3 is 2.32 bits per heavy atom. The number of amides is 1. The molecule has 19 heavy (non-hydrogen) atoms. The Hall–Kier alpha value is -0.870. The highest BCUT2D eigenvalue weighted by Gasteiger charge is 2.38. The van der Waals surface area contributed by atoms with Gasteiger partial charge in [0.15, 0.2) is 6.10 Å². The molecule has 0 radical (unpaired) electrons. The highest BCUT2D eigenvalue weighted by molar-refractivity contribution is 7.89. The maximum Gasteiger partial charge on any atom is 0.416 e. The molecule has 1 amide bonds. The van der Waals surface area contributed by atoms with Crippen LogP contribution in [0.5, 0.6) is 0 Å². The summed E-state index contributed by atoms with van der Waals surface area (Å²) in [5.41, 5.74) is 0. The van der Waals surface area contributed by atoms with Crippen LogP contribution in [0.25, 0.3) is 0 Å². The van der Waals surface area contributed by atoms with Gasteiger partial charge in [0.25, 0.3) is 0 Å². The van der Waals surface area contributed by atoms with E-state index in [-0.39, 0.29) is 5.75 Å². The topological polar surface area (TPSA) is 95.5 Å². The van der Waals surface area contributed by atoms with Crippen LogP contribution < -0.4 is 10.0 Å². The lowest BCUT2D eigenvalue weighted by atomic mass is 10.3. The Labute approximate surface area is 109 Å². The van der Waals surface area contributed by atoms with E-state index in [1.54, 1.807) is 6.92 Å². The molecule has 0 saturated heterocycles. The van der Waals surface area contributed by atoms with Crippen molar-refractivity contribution in [2.24, 2.45) is 0 Å². The van der Waals surface area contributed by atoms with Gasteiger partial charge < -0.3 is 10.4 Å². The van der Waals surface area contributed by atoms with Crippen LogP contribution in [-0.4, -0.2) is 50.1 Å². The molecule has 10 heteroatoms. The average Bonchev–Trinajstić information content (AvgIpc) is 2.22. The van der Waals surface area contributed by atoms with E-state index in [0.717, 1.165) is 0 Å². The maximum absolute atomic E-state index is 12.0. The Balaban J connectivity index is 4.30. The molecule has 6 nitrogen and oxygen atoms in total. The predicted molar refractivity (Wildman–Crippen MR) is 61.7 cm³/mol. The second-order valence-corrected chi connectivity index (χ2v) is 5.83. The molecule has 0 aromatic heterocycles. The predicted octanol–water partition coefficient (Wildman–Crippen LogP) is -0.256. The van der Waals surface area contributed by atoms with Gasteiger partial charge in [-0.3, -0.25) is 4.79 Å². The summed E-state index contributed by atoms with van der Waals surface area (Å²) in [6, 6.07) is -1.21. The van der Waals surface area contributed by atoms with Gasteiger partial charge in [0, 0.05) is 0 Å². The monoisotopic (exact) mass is 306 g/mol.